The van der Waals surface area contributed by atoms with Crippen molar-refractivity contribution in [1.82, 2.24) is 10.3 Å². The molecule has 1 amide bonds. The number of pyridine rings is 1. The summed E-state index contributed by atoms with van der Waals surface area (Å²) in [5.41, 5.74) is 0.575. The van der Waals surface area contributed by atoms with Crippen LogP contribution in [0.15, 0.2) is 18.3 Å². The Hall–Kier alpha value is -2.11. The summed E-state index contributed by atoms with van der Waals surface area (Å²) in [6.45, 7) is 5.49. The molecule has 0 aromatic carbocycles. The lowest BCUT2D eigenvalue weighted by molar-refractivity contribution is -0.122. The first-order chi connectivity index (χ1) is 8.40. The number of hydrogen-bond acceptors (Lipinski definition) is 4. The van der Waals surface area contributed by atoms with Crippen molar-refractivity contribution in [3.05, 3.63) is 24.0 Å². The van der Waals surface area contributed by atoms with Gasteiger partial charge in [0.15, 0.2) is 0 Å². The molecule has 0 fully saturated rings. The Labute approximate surface area is 105 Å². The molecule has 18 heavy (non-hydrogen) atoms. The van der Waals surface area contributed by atoms with Crippen LogP contribution in [0.25, 0.3) is 0 Å². The van der Waals surface area contributed by atoms with Gasteiger partial charge in [0, 0.05) is 6.04 Å². The maximum Gasteiger partial charge on any atom is 0.354 e. The first-order valence-electron chi connectivity index (χ1n) is 5.66. The zero-order chi connectivity index (χ0) is 13.7. The third kappa shape index (κ3) is 4.04. The van der Waals surface area contributed by atoms with E-state index < -0.39 is 12.0 Å². The first kappa shape index (κ1) is 14.0. The average Bonchev–Trinajstić information content (AvgIpc) is 2.28. The Kier molecular flexibility index (Phi) is 4.65. The van der Waals surface area contributed by atoms with E-state index in [0.717, 1.165) is 0 Å². The number of carbonyl (C=O) groups excluding carboxylic acids is 1. The van der Waals surface area contributed by atoms with Crippen LogP contribution in [0.4, 0.5) is 5.69 Å². The van der Waals surface area contributed by atoms with Gasteiger partial charge in [0.25, 0.3) is 0 Å². The van der Waals surface area contributed by atoms with E-state index >= 15 is 0 Å². The van der Waals surface area contributed by atoms with Crippen molar-refractivity contribution in [3.8, 4) is 0 Å². The molecule has 98 valence electrons. The summed E-state index contributed by atoms with van der Waals surface area (Å²) >= 11 is 0. The lowest BCUT2D eigenvalue weighted by Gasteiger charge is -2.16. The summed E-state index contributed by atoms with van der Waals surface area (Å²) < 4.78 is 0. The molecule has 3 N–H and O–H groups in total. The van der Waals surface area contributed by atoms with Crippen LogP contribution in [0.2, 0.25) is 0 Å². The molecule has 0 aliphatic rings. The van der Waals surface area contributed by atoms with Crippen molar-refractivity contribution in [3.63, 3.8) is 0 Å². The van der Waals surface area contributed by atoms with Gasteiger partial charge in [0.05, 0.1) is 11.9 Å². The Morgan fingerprint density at radius 3 is 2.39 bits per heavy atom. The van der Waals surface area contributed by atoms with Crippen molar-refractivity contribution in [2.45, 2.75) is 32.9 Å². The standard InChI is InChI=1S/C12H17N3O3/c1-7(2)14-11(16)8(3)15-9-4-5-10(12(17)18)13-6-9/h4-8,15H,1-3H3,(H,14,16)(H,17,18). The highest BCUT2D eigenvalue weighted by molar-refractivity contribution is 5.86. The zero-order valence-corrected chi connectivity index (χ0v) is 10.6. The molecule has 1 aromatic heterocycles. The Morgan fingerprint density at radius 1 is 1.28 bits per heavy atom. The summed E-state index contributed by atoms with van der Waals surface area (Å²) in [6, 6.07) is 2.63. The molecule has 0 saturated heterocycles. The zero-order valence-electron chi connectivity index (χ0n) is 10.6. The molecule has 6 heteroatoms. The Morgan fingerprint density at radius 2 is 1.94 bits per heavy atom. The van der Waals surface area contributed by atoms with Gasteiger partial charge in [-0.2, -0.15) is 0 Å². The molecule has 0 aliphatic heterocycles. The van der Waals surface area contributed by atoms with Crippen LogP contribution in [-0.2, 0) is 4.79 Å². The molecule has 0 radical (unpaired) electrons. The van der Waals surface area contributed by atoms with Gasteiger partial charge in [-0.1, -0.05) is 0 Å². The second kappa shape index (κ2) is 6.00. The van der Waals surface area contributed by atoms with E-state index in [4.69, 9.17) is 5.11 Å². The molecule has 0 bridgehead atoms. The van der Waals surface area contributed by atoms with Gasteiger partial charge >= 0.3 is 5.97 Å². The molecule has 0 saturated carbocycles. The Bertz CT molecular complexity index is 429. The van der Waals surface area contributed by atoms with Crippen LogP contribution < -0.4 is 10.6 Å². The predicted octanol–water partition coefficient (Wildman–Crippen LogP) is 1.10. The highest BCUT2D eigenvalue weighted by atomic mass is 16.4. The van der Waals surface area contributed by atoms with Crippen LogP contribution in [-0.4, -0.2) is 34.1 Å². The summed E-state index contributed by atoms with van der Waals surface area (Å²) in [5, 5.41) is 14.4. The van der Waals surface area contributed by atoms with E-state index in [1.54, 1.807) is 13.0 Å². The minimum Gasteiger partial charge on any atom is -0.477 e. The lowest BCUT2D eigenvalue weighted by atomic mass is 10.2. The fraction of sp³-hybridized carbons (Fsp3) is 0.417. The quantitative estimate of drug-likeness (QED) is 0.729. The van der Waals surface area contributed by atoms with Gasteiger partial charge in [-0.3, -0.25) is 4.79 Å². The Balaban J connectivity index is 2.61. The number of carboxylic acids is 1. The van der Waals surface area contributed by atoms with Gasteiger partial charge in [-0.05, 0) is 32.9 Å². The van der Waals surface area contributed by atoms with Gasteiger partial charge in [-0.15, -0.1) is 0 Å². The van der Waals surface area contributed by atoms with Crippen molar-refractivity contribution < 1.29 is 14.7 Å². The van der Waals surface area contributed by atoms with Gasteiger partial charge in [-0.25, -0.2) is 9.78 Å². The SMILES string of the molecule is CC(C)NC(=O)C(C)Nc1ccc(C(=O)O)nc1. The summed E-state index contributed by atoms with van der Waals surface area (Å²) in [4.78, 5) is 26.0. The molecule has 0 aliphatic carbocycles. The van der Waals surface area contributed by atoms with Gasteiger partial charge < -0.3 is 15.7 Å². The number of anilines is 1. The molecular formula is C12H17N3O3. The minimum absolute atomic E-state index is 0.0279. The van der Waals surface area contributed by atoms with Crippen molar-refractivity contribution in [2.75, 3.05) is 5.32 Å². The van der Waals surface area contributed by atoms with E-state index in [9.17, 15) is 9.59 Å². The summed E-state index contributed by atoms with van der Waals surface area (Å²) in [7, 11) is 0. The normalized spacial score (nSPS) is 12.0. The fourth-order valence-corrected chi connectivity index (χ4v) is 1.33. The van der Waals surface area contributed by atoms with E-state index in [0.29, 0.717) is 5.69 Å². The lowest BCUT2D eigenvalue weighted by Crippen LogP contribution is -2.40. The molecule has 1 rings (SSSR count). The fourth-order valence-electron chi connectivity index (χ4n) is 1.33. The molecule has 1 atom stereocenters. The molecule has 0 spiro atoms. The number of nitrogens with zero attached hydrogens (tertiary/aromatic N) is 1. The molecule has 6 nitrogen and oxygen atoms in total. The predicted molar refractivity (Wildman–Crippen MR) is 67.6 cm³/mol. The van der Waals surface area contributed by atoms with Gasteiger partial charge in [0.2, 0.25) is 5.91 Å². The van der Waals surface area contributed by atoms with Crippen molar-refractivity contribution in [2.24, 2.45) is 0 Å². The number of nitrogens with one attached hydrogen (secondary N) is 2. The third-order valence-electron chi connectivity index (χ3n) is 2.19. The first-order valence-corrected chi connectivity index (χ1v) is 5.66. The molecule has 1 aromatic rings. The highest BCUT2D eigenvalue weighted by Crippen LogP contribution is 2.08. The number of amides is 1. The van der Waals surface area contributed by atoms with Crippen LogP contribution >= 0.6 is 0 Å². The average molecular weight is 251 g/mol. The minimum atomic E-state index is -1.08. The largest absolute Gasteiger partial charge is 0.477 e. The van der Waals surface area contributed by atoms with E-state index in [-0.39, 0.29) is 17.6 Å². The van der Waals surface area contributed by atoms with E-state index in [2.05, 4.69) is 15.6 Å². The molecular weight excluding hydrogens is 234 g/mol. The van der Waals surface area contributed by atoms with Crippen LogP contribution in [0.1, 0.15) is 31.3 Å². The second-order valence-electron chi connectivity index (χ2n) is 4.27. The van der Waals surface area contributed by atoms with Crippen molar-refractivity contribution >= 4 is 17.6 Å². The third-order valence-corrected chi connectivity index (χ3v) is 2.19. The molecule has 1 unspecified atom stereocenters. The highest BCUT2D eigenvalue weighted by Gasteiger charge is 2.13. The van der Waals surface area contributed by atoms with Crippen molar-refractivity contribution in [1.29, 1.82) is 0 Å². The van der Waals surface area contributed by atoms with Crippen LogP contribution in [0, 0.1) is 0 Å². The maximum atomic E-state index is 11.6. The number of aromatic nitrogens is 1. The maximum absolute atomic E-state index is 11.6. The number of aromatic carboxylic acids is 1. The number of rotatable bonds is 5. The smallest absolute Gasteiger partial charge is 0.354 e. The summed E-state index contributed by atoms with van der Waals surface area (Å²) in [6.07, 6.45) is 1.39. The summed E-state index contributed by atoms with van der Waals surface area (Å²) in [5.74, 6) is -1.19. The number of carboxylic acid groups (broad SMARTS) is 1. The topological polar surface area (TPSA) is 91.3 Å². The second-order valence-corrected chi connectivity index (χ2v) is 4.27. The monoisotopic (exact) mass is 251 g/mol. The van der Waals surface area contributed by atoms with Gasteiger partial charge in [0.1, 0.15) is 11.7 Å². The van der Waals surface area contributed by atoms with E-state index in [1.807, 2.05) is 13.8 Å². The number of carbonyl (C=O) groups is 2. The van der Waals surface area contributed by atoms with Crippen LogP contribution in [0.5, 0.6) is 0 Å². The van der Waals surface area contributed by atoms with Crippen LogP contribution in [0.3, 0.4) is 0 Å². The number of hydrogen-bond donors (Lipinski definition) is 3. The molecule has 1 heterocycles. The van der Waals surface area contributed by atoms with E-state index in [1.165, 1.54) is 12.3 Å².